The van der Waals surface area contributed by atoms with Crippen LogP contribution in [0, 0.1) is 0 Å². The molecule has 0 saturated carbocycles. The van der Waals surface area contributed by atoms with Gasteiger partial charge in [0.05, 0.1) is 10.7 Å². The second kappa shape index (κ2) is 5.14. The molecule has 1 aromatic carbocycles. The van der Waals surface area contributed by atoms with Gasteiger partial charge >= 0.3 is 0 Å². The molecular weight excluding hydrogens is 282 g/mol. The number of aromatic nitrogens is 2. The van der Waals surface area contributed by atoms with E-state index in [1.165, 1.54) is 5.56 Å². The largest absolute Gasteiger partial charge is 0.438 e. The average Bonchev–Trinajstić information content (AvgIpc) is 2.34. The maximum atomic E-state index is 5.65. The Hall–Kier alpha value is -1.62. The summed E-state index contributed by atoms with van der Waals surface area (Å²) in [5.74, 6) is 1.35. The lowest BCUT2D eigenvalue weighted by Gasteiger charge is -2.07. The molecule has 1 heterocycles. The molecule has 0 amide bonds. The number of halogens is 1. The first-order valence-corrected chi connectivity index (χ1v) is 6.03. The molecule has 1 aromatic heterocycles. The summed E-state index contributed by atoms with van der Waals surface area (Å²) in [6.07, 6.45) is 2.53. The molecule has 2 N–H and O–H groups in total. The van der Waals surface area contributed by atoms with Gasteiger partial charge in [-0.1, -0.05) is 19.1 Å². The predicted octanol–water partition coefficient (Wildman–Crippen LogP) is 3.18. The maximum absolute atomic E-state index is 5.65. The van der Waals surface area contributed by atoms with Gasteiger partial charge in [-0.3, -0.25) is 0 Å². The van der Waals surface area contributed by atoms with Crippen LogP contribution in [0.1, 0.15) is 12.5 Å². The number of nitrogens with zero attached hydrogens (tertiary/aromatic N) is 2. The van der Waals surface area contributed by atoms with Crippen LogP contribution in [-0.4, -0.2) is 9.97 Å². The van der Waals surface area contributed by atoms with E-state index in [1.807, 2.05) is 18.2 Å². The van der Waals surface area contributed by atoms with Crippen LogP contribution < -0.4 is 10.5 Å². The second-order valence-corrected chi connectivity index (χ2v) is 4.34. The third-order valence-corrected chi connectivity index (χ3v) is 2.80. The Kier molecular flexibility index (Phi) is 3.58. The van der Waals surface area contributed by atoms with Crippen LogP contribution in [0.3, 0.4) is 0 Å². The van der Waals surface area contributed by atoms with Crippen molar-refractivity contribution in [2.75, 3.05) is 5.73 Å². The van der Waals surface area contributed by atoms with Crippen LogP contribution in [0.4, 0.5) is 5.95 Å². The lowest BCUT2D eigenvalue weighted by molar-refractivity contribution is 0.458. The summed E-state index contributed by atoms with van der Waals surface area (Å²) in [4.78, 5) is 7.88. The summed E-state index contributed by atoms with van der Waals surface area (Å²) < 4.78 is 6.33. The van der Waals surface area contributed by atoms with Crippen molar-refractivity contribution in [2.45, 2.75) is 13.3 Å². The monoisotopic (exact) mass is 293 g/mol. The maximum Gasteiger partial charge on any atom is 0.238 e. The molecule has 17 heavy (non-hydrogen) atoms. The highest BCUT2D eigenvalue weighted by molar-refractivity contribution is 9.10. The summed E-state index contributed by atoms with van der Waals surface area (Å²) in [5.41, 5.74) is 6.72. The Morgan fingerprint density at radius 2 is 2.24 bits per heavy atom. The van der Waals surface area contributed by atoms with Crippen LogP contribution in [0.2, 0.25) is 0 Å². The third kappa shape index (κ3) is 2.94. The number of benzene rings is 1. The van der Waals surface area contributed by atoms with Crippen LogP contribution >= 0.6 is 15.9 Å². The number of anilines is 1. The van der Waals surface area contributed by atoms with Crippen molar-refractivity contribution in [1.29, 1.82) is 0 Å². The van der Waals surface area contributed by atoms with E-state index < -0.39 is 0 Å². The molecule has 0 aliphatic heterocycles. The topological polar surface area (TPSA) is 61.0 Å². The van der Waals surface area contributed by atoms with Crippen molar-refractivity contribution in [2.24, 2.45) is 0 Å². The number of nitrogen functional groups attached to an aromatic ring is 1. The predicted molar refractivity (Wildman–Crippen MR) is 70.0 cm³/mol. The summed E-state index contributed by atoms with van der Waals surface area (Å²) in [7, 11) is 0. The Balaban J connectivity index is 2.27. The van der Waals surface area contributed by atoms with Crippen molar-refractivity contribution < 1.29 is 4.74 Å². The molecule has 0 radical (unpaired) electrons. The number of hydrogen-bond acceptors (Lipinski definition) is 4. The second-order valence-electron chi connectivity index (χ2n) is 3.48. The standard InChI is InChI=1S/C12H12BrN3O/c1-2-8-4-3-5-9(6-8)17-11-10(13)7-15-12(14)16-11/h3-7H,2H2,1H3,(H2,14,15,16). The summed E-state index contributed by atoms with van der Waals surface area (Å²) in [6.45, 7) is 2.09. The van der Waals surface area contributed by atoms with Crippen molar-refractivity contribution >= 4 is 21.9 Å². The van der Waals surface area contributed by atoms with E-state index in [9.17, 15) is 0 Å². The lowest BCUT2D eigenvalue weighted by Crippen LogP contribution is -1.97. The highest BCUT2D eigenvalue weighted by Gasteiger charge is 2.06. The van der Waals surface area contributed by atoms with Crippen molar-refractivity contribution in [3.63, 3.8) is 0 Å². The van der Waals surface area contributed by atoms with E-state index >= 15 is 0 Å². The molecule has 0 fully saturated rings. The van der Waals surface area contributed by atoms with Gasteiger partial charge in [-0.05, 0) is 40.0 Å². The first-order chi connectivity index (χ1) is 8.19. The SMILES string of the molecule is CCc1cccc(Oc2nc(N)ncc2Br)c1. The zero-order valence-electron chi connectivity index (χ0n) is 9.35. The van der Waals surface area contributed by atoms with Gasteiger partial charge in [-0.2, -0.15) is 4.98 Å². The quantitative estimate of drug-likeness (QED) is 0.944. The minimum Gasteiger partial charge on any atom is -0.438 e. The molecule has 2 aromatic rings. The zero-order chi connectivity index (χ0) is 12.3. The van der Waals surface area contributed by atoms with Crippen molar-refractivity contribution in [3.8, 4) is 11.6 Å². The van der Waals surface area contributed by atoms with Gasteiger partial charge in [-0.15, -0.1) is 0 Å². The van der Waals surface area contributed by atoms with Gasteiger partial charge < -0.3 is 10.5 Å². The molecule has 0 aliphatic rings. The Morgan fingerprint density at radius 3 is 3.00 bits per heavy atom. The fraction of sp³-hybridized carbons (Fsp3) is 0.167. The average molecular weight is 294 g/mol. The summed E-state index contributed by atoms with van der Waals surface area (Å²) in [6, 6.07) is 7.86. The molecule has 0 unspecified atom stereocenters. The van der Waals surface area contributed by atoms with Gasteiger partial charge in [0.2, 0.25) is 11.8 Å². The molecule has 0 atom stereocenters. The Bertz CT molecular complexity index is 531. The van der Waals surface area contributed by atoms with Gasteiger partial charge in [-0.25, -0.2) is 4.98 Å². The van der Waals surface area contributed by atoms with E-state index in [-0.39, 0.29) is 5.95 Å². The van der Waals surface area contributed by atoms with Crippen LogP contribution in [-0.2, 0) is 6.42 Å². The van der Waals surface area contributed by atoms with Crippen molar-refractivity contribution in [1.82, 2.24) is 9.97 Å². The normalized spacial score (nSPS) is 10.2. The first kappa shape index (κ1) is 11.9. The molecule has 0 bridgehead atoms. The molecular formula is C12H12BrN3O. The van der Waals surface area contributed by atoms with E-state index in [0.717, 1.165) is 12.2 Å². The van der Waals surface area contributed by atoms with Crippen molar-refractivity contribution in [3.05, 3.63) is 40.5 Å². The molecule has 4 nitrogen and oxygen atoms in total. The molecule has 0 spiro atoms. The molecule has 0 aliphatic carbocycles. The Labute approximate surface area is 108 Å². The summed E-state index contributed by atoms with van der Waals surface area (Å²) >= 11 is 3.32. The van der Waals surface area contributed by atoms with E-state index in [0.29, 0.717) is 10.4 Å². The fourth-order valence-corrected chi connectivity index (χ4v) is 1.65. The number of hydrogen-bond donors (Lipinski definition) is 1. The van der Waals surface area contributed by atoms with Gasteiger partial charge in [0, 0.05) is 0 Å². The highest BCUT2D eigenvalue weighted by atomic mass is 79.9. The lowest BCUT2D eigenvalue weighted by atomic mass is 10.2. The minimum atomic E-state index is 0.190. The van der Waals surface area contributed by atoms with E-state index in [4.69, 9.17) is 10.5 Å². The van der Waals surface area contributed by atoms with E-state index in [2.05, 4.69) is 38.9 Å². The first-order valence-electron chi connectivity index (χ1n) is 5.24. The third-order valence-electron chi connectivity index (χ3n) is 2.25. The number of aryl methyl sites for hydroxylation is 1. The van der Waals surface area contributed by atoms with Gasteiger partial charge in [0.1, 0.15) is 5.75 Å². The smallest absolute Gasteiger partial charge is 0.238 e. The number of rotatable bonds is 3. The highest BCUT2D eigenvalue weighted by Crippen LogP contribution is 2.27. The molecule has 0 saturated heterocycles. The fourth-order valence-electron chi connectivity index (χ4n) is 1.38. The zero-order valence-corrected chi connectivity index (χ0v) is 10.9. The summed E-state index contributed by atoms with van der Waals surface area (Å²) in [5, 5.41) is 0. The Morgan fingerprint density at radius 1 is 1.41 bits per heavy atom. The van der Waals surface area contributed by atoms with Crippen LogP contribution in [0.15, 0.2) is 34.9 Å². The molecule has 5 heteroatoms. The van der Waals surface area contributed by atoms with Crippen LogP contribution in [0.5, 0.6) is 11.6 Å². The van der Waals surface area contributed by atoms with Gasteiger partial charge in [0.25, 0.3) is 0 Å². The molecule has 88 valence electrons. The van der Waals surface area contributed by atoms with E-state index in [1.54, 1.807) is 6.20 Å². The minimum absolute atomic E-state index is 0.190. The van der Waals surface area contributed by atoms with Gasteiger partial charge in [0.15, 0.2) is 0 Å². The number of nitrogens with two attached hydrogens (primary N) is 1. The number of ether oxygens (including phenoxy) is 1. The molecule has 2 rings (SSSR count). The van der Waals surface area contributed by atoms with Crippen LogP contribution in [0.25, 0.3) is 0 Å².